The summed E-state index contributed by atoms with van der Waals surface area (Å²) in [7, 11) is 0. The van der Waals surface area contributed by atoms with E-state index < -0.39 is 17.4 Å². The van der Waals surface area contributed by atoms with Gasteiger partial charge in [0.2, 0.25) is 0 Å². The monoisotopic (exact) mass is 300 g/mol. The number of aliphatic carboxylic acids is 1. The van der Waals surface area contributed by atoms with E-state index in [-0.39, 0.29) is 12.8 Å². The van der Waals surface area contributed by atoms with Gasteiger partial charge in [0.05, 0.1) is 6.61 Å². The molecule has 0 radical (unpaired) electrons. The standard InChI is InChI=1S/C16H28O5/c1-2-3-4-5-6-7-8-11-21-15(19)16(14(17)18)9-12-20-13-10-16/h2-13H2,1H3,(H,17,18). The Balaban J connectivity index is 2.21. The molecule has 0 aromatic rings. The third-order valence-corrected chi connectivity index (χ3v) is 4.13. The summed E-state index contributed by atoms with van der Waals surface area (Å²) in [6.45, 7) is 3.12. The fraction of sp³-hybridized carbons (Fsp3) is 0.875. The fourth-order valence-electron chi connectivity index (χ4n) is 2.59. The van der Waals surface area contributed by atoms with Gasteiger partial charge >= 0.3 is 11.9 Å². The van der Waals surface area contributed by atoms with E-state index in [1.807, 2.05) is 0 Å². The van der Waals surface area contributed by atoms with E-state index in [1.165, 1.54) is 25.7 Å². The van der Waals surface area contributed by atoms with Gasteiger partial charge in [-0.05, 0) is 19.3 Å². The minimum Gasteiger partial charge on any atom is -0.480 e. The number of rotatable bonds is 10. The summed E-state index contributed by atoms with van der Waals surface area (Å²) in [6.07, 6.45) is 8.39. The van der Waals surface area contributed by atoms with Gasteiger partial charge in [-0.15, -0.1) is 0 Å². The zero-order valence-corrected chi connectivity index (χ0v) is 13.1. The lowest BCUT2D eigenvalue weighted by atomic mass is 9.80. The average Bonchev–Trinajstić information content (AvgIpc) is 2.50. The molecule has 5 nitrogen and oxygen atoms in total. The first-order valence-electron chi connectivity index (χ1n) is 8.12. The van der Waals surface area contributed by atoms with E-state index in [0.717, 1.165) is 19.3 Å². The molecule has 1 aliphatic rings. The van der Waals surface area contributed by atoms with Crippen LogP contribution in [0.4, 0.5) is 0 Å². The lowest BCUT2D eigenvalue weighted by Gasteiger charge is -2.30. The molecule has 5 heteroatoms. The van der Waals surface area contributed by atoms with Crippen molar-refractivity contribution in [1.82, 2.24) is 0 Å². The molecule has 1 N–H and O–H groups in total. The van der Waals surface area contributed by atoms with Gasteiger partial charge in [-0.3, -0.25) is 9.59 Å². The number of hydrogen-bond donors (Lipinski definition) is 1. The van der Waals surface area contributed by atoms with Crippen LogP contribution in [0.15, 0.2) is 0 Å². The predicted octanol–water partition coefficient (Wildman–Crippen LogP) is 3.16. The van der Waals surface area contributed by atoms with Crippen molar-refractivity contribution >= 4 is 11.9 Å². The third kappa shape index (κ3) is 5.65. The highest BCUT2D eigenvalue weighted by molar-refractivity contribution is 5.99. The number of carbonyl (C=O) groups is 2. The minimum absolute atomic E-state index is 0.207. The van der Waals surface area contributed by atoms with Crippen molar-refractivity contribution in [2.24, 2.45) is 5.41 Å². The van der Waals surface area contributed by atoms with Gasteiger partial charge in [-0.25, -0.2) is 0 Å². The molecule has 0 bridgehead atoms. The molecule has 1 aliphatic heterocycles. The number of esters is 1. The average molecular weight is 300 g/mol. The minimum atomic E-state index is -1.39. The second kappa shape index (κ2) is 9.77. The van der Waals surface area contributed by atoms with Crippen molar-refractivity contribution in [3.63, 3.8) is 0 Å². The molecule has 0 aromatic heterocycles. The number of carboxylic acids is 1. The Hall–Kier alpha value is -1.10. The smallest absolute Gasteiger partial charge is 0.323 e. The fourth-order valence-corrected chi connectivity index (χ4v) is 2.59. The molecule has 0 aromatic carbocycles. The van der Waals surface area contributed by atoms with Gasteiger partial charge in [-0.2, -0.15) is 0 Å². The van der Waals surface area contributed by atoms with Crippen molar-refractivity contribution in [3.8, 4) is 0 Å². The van der Waals surface area contributed by atoms with Crippen LogP contribution in [0.1, 0.15) is 64.7 Å². The van der Waals surface area contributed by atoms with Crippen LogP contribution in [0, 0.1) is 5.41 Å². The molecule has 0 aliphatic carbocycles. The molecule has 1 heterocycles. The number of carboxylic acid groups (broad SMARTS) is 1. The van der Waals surface area contributed by atoms with Crippen molar-refractivity contribution in [2.75, 3.05) is 19.8 Å². The van der Waals surface area contributed by atoms with Crippen molar-refractivity contribution in [1.29, 1.82) is 0 Å². The van der Waals surface area contributed by atoms with Crippen molar-refractivity contribution in [3.05, 3.63) is 0 Å². The molecule has 21 heavy (non-hydrogen) atoms. The number of hydrogen-bond acceptors (Lipinski definition) is 4. The Morgan fingerprint density at radius 3 is 2.19 bits per heavy atom. The van der Waals surface area contributed by atoms with Gasteiger partial charge < -0.3 is 14.6 Å². The molecular formula is C16H28O5. The van der Waals surface area contributed by atoms with Crippen molar-refractivity contribution < 1.29 is 24.2 Å². The second-order valence-electron chi connectivity index (χ2n) is 5.76. The highest BCUT2D eigenvalue weighted by Crippen LogP contribution is 2.32. The van der Waals surface area contributed by atoms with Crippen LogP contribution in [-0.4, -0.2) is 36.9 Å². The van der Waals surface area contributed by atoms with E-state index in [9.17, 15) is 14.7 Å². The summed E-state index contributed by atoms with van der Waals surface area (Å²) in [6, 6.07) is 0. The summed E-state index contributed by atoms with van der Waals surface area (Å²) in [4.78, 5) is 23.5. The molecule has 0 amide bonds. The van der Waals surface area contributed by atoms with Crippen LogP contribution >= 0.6 is 0 Å². The van der Waals surface area contributed by atoms with E-state index in [0.29, 0.717) is 19.8 Å². The number of ether oxygens (including phenoxy) is 2. The first-order valence-corrected chi connectivity index (χ1v) is 8.12. The van der Waals surface area contributed by atoms with Crippen LogP contribution in [0.2, 0.25) is 0 Å². The van der Waals surface area contributed by atoms with Crippen LogP contribution in [0.3, 0.4) is 0 Å². The Labute approximate surface area is 127 Å². The van der Waals surface area contributed by atoms with Crippen LogP contribution in [0.5, 0.6) is 0 Å². The predicted molar refractivity (Wildman–Crippen MR) is 79.1 cm³/mol. The largest absolute Gasteiger partial charge is 0.480 e. The quantitative estimate of drug-likeness (QED) is 0.381. The molecular weight excluding hydrogens is 272 g/mol. The highest BCUT2D eigenvalue weighted by atomic mass is 16.5. The summed E-state index contributed by atoms with van der Waals surface area (Å²) < 4.78 is 10.3. The Bertz CT molecular complexity index is 321. The van der Waals surface area contributed by atoms with Gasteiger partial charge in [0, 0.05) is 13.2 Å². The Morgan fingerprint density at radius 2 is 1.62 bits per heavy atom. The van der Waals surface area contributed by atoms with E-state index in [2.05, 4.69) is 6.92 Å². The highest BCUT2D eigenvalue weighted by Gasteiger charge is 2.48. The SMILES string of the molecule is CCCCCCCCCOC(=O)C1(C(=O)O)CCOCC1. The number of unbranched alkanes of at least 4 members (excludes halogenated alkanes) is 6. The number of carbonyl (C=O) groups excluding carboxylic acids is 1. The molecule has 1 fully saturated rings. The van der Waals surface area contributed by atoms with E-state index >= 15 is 0 Å². The van der Waals surface area contributed by atoms with Gasteiger partial charge in [0.15, 0.2) is 5.41 Å². The first-order chi connectivity index (χ1) is 10.1. The third-order valence-electron chi connectivity index (χ3n) is 4.13. The topological polar surface area (TPSA) is 72.8 Å². The first kappa shape index (κ1) is 18.0. The maximum atomic E-state index is 12.1. The Morgan fingerprint density at radius 1 is 1.05 bits per heavy atom. The maximum absolute atomic E-state index is 12.1. The summed E-state index contributed by atoms with van der Waals surface area (Å²) >= 11 is 0. The lowest BCUT2D eigenvalue weighted by Crippen LogP contribution is -2.45. The summed E-state index contributed by atoms with van der Waals surface area (Å²) in [5, 5.41) is 9.33. The van der Waals surface area contributed by atoms with Gasteiger partial charge in [0.1, 0.15) is 0 Å². The summed E-state index contributed by atoms with van der Waals surface area (Å²) in [5.74, 6) is -1.68. The molecule has 1 rings (SSSR count). The molecule has 0 unspecified atom stereocenters. The molecule has 0 atom stereocenters. The van der Waals surface area contributed by atoms with Crippen LogP contribution in [0.25, 0.3) is 0 Å². The molecule has 0 spiro atoms. The zero-order chi connectivity index (χ0) is 15.6. The zero-order valence-electron chi connectivity index (χ0n) is 13.1. The Kier molecular flexibility index (Phi) is 8.35. The van der Waals surface area contributed by atoms with E-state index in [1.54, 1.807) is 0 Å². The van der Waals surface area contributed by atoms with Crippen LogP contribution < -0.4 is 0 Å². The van der Waals surface area contributed by atoms with Crippen molar-refractivity contribution in [2.45, 2.75) is 64.7 Å². The second-order valence-corrected chi connectivity index (χ2v) is 5.76. The van der Waals surface area contributed by atoms with E-state index in [4.69, 9.17) is 9.47 Å². The van der Waals surface area contributed by atoms with Crippen LogP contribution in [-0.2, 0) is 19.1 Å². The summed E-state index contributed by atoms with van der Waals surface area (Å²) in [5.41, 5.74) is -1.39. The lowest BCUT2D eigenvalue weighted by molar-refractivity contribution is -0.175. The molecule has 122 valence electrons. The normalized spacial score (nSPS) is 17.4. The maximum Gasteiger partial charge on any atom is 0.323 e. The molecule has 0 saturated carbocycles. The molecule has 1 saturated heterocycles. The van der Waals surface area contributed by atoms with Gasteiger partial charge in [0.25, 0.3) is 0 Å². The van der Waals surface area contributed by atoms with Gasteiger partial charge in [-0.1, -0.05) is 45.4 Å².